The first kappa shape index (κ1) is 10.8. The highest BCUT2D eigenvalue weighted by Gasteiger charge is 2.38. The summed E-state index contributed by atoms with van der Waals surface area (Å²) in [6.07, 6.45) is 7.95. The van der Waals surface area contributed by atoms with Gasteiger partial charge in [0.2, 0.25) is 0 Å². The van der Waals surface area contributed by atoms with Crippen molar-refractivity contribution in [3.8, 4) is 0 Å². The van der Waals surface area contributed by atoms with Gasteiger partial charge in [-0.25, -0.2) is 0 Å². The van der Waals surface area contributed by atoms with Crippen LogP contribution in [-0.4, -0.2) is 39.3 Å². The number of likely N-dealkylation sites (N-methyl/N-ethyl adjacent to an activating group) is 1. The van der Waals surface area contributed by atoms with Crippen molar-refractivity contribution in [3.05, 3.63) is 12.2 Å². The van der Waals surface area contributed by atoms with Gasteiger partial charge in [0.1, 0.15) is 26.2 Å². The molecule has 1 saturated carbocycles. The average molecular weight is 222 g/mol. The molecule has 0 radical (unpaired) electrons. The molecular weight excluding hydrogens is 196 g/mol. The molecule has 2 bridgehead atoms. The Labute approximate surface area is 99.3 Å². The van der Waals surface area contributed by atoms with Crippen LogP contribution in [0.25, 0.3) is 0 Å². The third kappa shape index (κ3) is 2.05. The predicted molar refractivity (Wildman–Crippen MR) is 65.6 cm³/mol. The highest BCUT2D eigenvalue weighted by atomic mass is 15.3. The molecule has 1 heterocycles. The smallest absolute Gasteiger partial charge is 0.127 e. The van der Waals surface area contributed by atoms with E-state index in [-0.39, 0.29) is 0 Å². The zero-order valence-corrected chi connectivity index (χ0v) is 10.5. The van der Waals surface area contributed by atoms with E-state index in [2.05, 4.69) is 19.1 Å². The summed E-state index contributed by atoms with van der Waals surface area (Å²) < 4.78 is 0. The second kappa shape index (κ2) is 4.50. The summed E-state index contributed by atoms with van der Waals surface area (Å²) in [6.45, 7) is 10.8. The molecule has 2 heteroatoms. The molecule has 2 N–H and O–H groups in total. The van der Waals surface area contributed by atoms with Crippen LogP contribution >= 0.6 is 0 Å². The lowest BCUT2D eigenvalue weighted by molar-refractivity contribution is -1.01. The van der Waals surface area contributed by atoms with Crippen LogP contribution in [0.2, 0.25) is 0 Å². The number of hydrogen-bond acceptors (Lipinski definition) is 0. The molecule has 1 aliphatic heterocycles. The van der Waals surface area contributed by atoms with Crippen molar-refractivity contribution >= 4 is 0 Å². The van der Waals surface area contributed by atoms with Crippen molar-refractivity contribution in [2.24, 2.45) is 17.8 Å². The highest BCUT2D eigenvalue weighted by molar-refractivity contribution is 5.09. The summed E-state index contributed by atoms with van der Waals surface area (Å²) >= 11 is 0. The van der Waals surface area contributed by atoms with E-state index in [1.54, 1.807) is 0 Å². The topological polar surface area (TPSA) is 8.88 Å². The van der Waals surface area contributed by atoms with Crippen molar-refractivity contribution in [1.29, 1.82) is 0 Å². The average Bonchev–Trinajstić information content (AvgIpc) is 2.92. The van der Waals surface area contributed by atoms with E-state index in [1.165, 1.54) is 52.1 Å². The number of quaternary nitrogens is 2. The Morgan fingerprint density at radius 2 is 1.75 bits per heavy atom. The number of hydrogen-bond donors (Lipinski definition) is 2. The zero-order valence-electron chi connectivity index (χ0n) is 10.5. The number of fused-ring (bicyclic) bond motifs is 2. The van der Waals surface area contributed by atoms with E-state index >= 15 is 0 Å². The van der Waals surface area contributed by atoms with E-state index < -0.39 is 0 Å². The molecule has 1 saturated heterocycles. The van der Waals surface area contributed by atoms with Gasteiger partial charge in [0.15, 0.2) is 0 Å². The minimum atomic E-state index is 0.953. The van der Waals surface area contributed by atoms with Crippen molar-refractivity contribution in [2.75, 3.05) is 39.3 Å². The molecule has 0 aromatic heterocycles. The maximum Gasteiger partial charge on any atom is 0.127 e. The van der Waals surface area contributed by atoms with Gasteiger partial charge >= 0.3 is 0 Å². The molecule has 2 aliphatic carbocycles. The van der Waals surface area contributed by atoms with Crippen molar-refractivity contribution in [2.45, 2.75) is 19.8 Å². The van der Waals surface area contributed by atoms with Crippen LogP contribution < -0.4 is 9.80 Å². The Morgan fingerprint density at radius 3 is 2.31 bits per heavy atom. The summed E-state index contributed by atoms with van der Waals surface area (Å²) in [5.74, 6) is 2.93. The van der Waals surface area contributed by atoms with Crippen molar-refractivity contribution in [1.82, 2.24) is 0 Å². The van der Waals surface area contributed by atoms with Crippen LogP contribution in [0.1, 0.15) is 19.8 Å². The van der Waals surface area contributed by atoms with E-state index in [1.807, 2.05) is 9.80 Å². The SMILES string of the molecule is CC[NH+]1CC[NH+](C[C@@H]2C[C@H]3C=C[C@@H]2C3)CC1. The van der Waals surface area contributed by atoms with Gasteiger partial charge in [0.05, 0.1) is 13.1 Å². The molecule has 3 atom stereocenters. The lowest BCUT2D eigenvalue weighted by Gasteiger charge is -2.31. The zero-order chi connectivity index (χ0) is 11.0. The molecule has 3 rings (SSSR count). The Balaban J connectivity index is 1.48. The molecule has 16 heavy (non-hydrogen) atoms. The Bertz CT molecular complexity index is 266. The standard InChI is InChI=1S/C14H24N2/c1-2-15-5-7-16(8-6-15)11-14-10-12-3-4-13(14)9-12/h3-4,12-14H,2,5-11H2,1H3/p+2/t12-,13+,14-/m0/s1. The summed E-state index contributed by atoms with van der Waals surface area (Å²) in [5, 5.41) is 0. The van der Waals surface area contributed by atoms with Gasteiger partial charge in [-0.2, -0.15) is 0 Å². The summed E-state index contributed by atoms with van der Waals surface area (Å²) in [5.41, 5.74) is 0. The van der Waals surface area contributed by atoms with Gasteiger partial charge < -0.3 is 9.80 Å². The second-order valence-electron chi connectivity index (χ2n) is 6.10. The maximum atomic E-state index is 2.51. The van der Waals surface area contributed by atoms with Crippen LogP contribution in [0.4, 0.5) is 0 Å². The maximum absolute atomic E-state index is 2.51. The van der Waals surface area contributed by atoms with E-state index in [0.717, 1.165) is 17.8 Å². The Kier molecular flexibility index (Phi) is 3.03. The third-order valence-corrected chi connectivity index (χ3v) is 5.13. The van der Waals surface area contributed by atoms with Gasteiger partial charge in [0, 0.05) is 5.92 Å². The summed E-state index contributed by atoms with van der Waals surface area (Å²) in [7, 11) is 0. The predicted octanol–water partition coefficient (Wildman–Crippen LogP) is -0.998. The quantitative estimate of drug-likeness (QED) is 0.567. The van der Waals surface area contributed by atoms with Gasteiger partial charge in [-0.15, -0.1) is 0 Å². The molecular formula is C14H26N2+2. The fourth-order valence-corrected chi connectivity index (χ4v) is 4.01. The summed E-state index contributed by atoms with van der Waals surface area (Å²) in [6, 6.07) is 0. The first-order valence-corrected chi connectivity index (χ1v) is 7.20. The fraction of sp³-hybridized carbons (Fsp3) is 0.857. The normalized spacial score (nSPS) is 46.4. The molecule has 2 nitrogen and oxygen atoms in total. The van der Waals surface area contributed by atoms with Gasteiger partial charge in [-0.1, -0.05) is 12.2 Å². The van der Waals surface area contributed by atoms with Gasteiger partial charge in [0.25, 0.3) is 0 Å². The van der Waals surface area contributed by atoms with Crippen molar-refractivity contribution < 1.29 is 9.80 Å². The Hall–Kier alpha value is -0.340. The largest absolute Gasteiger partial charge is 0.326 e. The van der Waals surface area contributed by atoms with Gasteiger partial charge in [-0.05, 0) is 31.6 Å². The molecule has 0 spiro atoms. The lowest BCUT2D eigenvalue weighted by atomic mass is 9.93. The summed E-state index contributed by atoms with van der Waals surface area (Å²) in [4.78, 5) is 3.71. The minimum Gasteiger partial charge on any atom is -0.326 e. The van der Waals surface area contributed by atoms with Crippen LogP contribution in [0.15, 0.2) is 12.2 Å². The van der Waals surface area contributed by atoms with Crippen LogP contribution in [-0.2, 0) is 0 Å². The van der Waals surface area contributed by atoms with E-state index in [4.69, 9.17) is 0 Å². The molecule has 2 fully saturated rings. The lowest BCUT2D eigenvalue weighted by Crippen LogP contribution is -3.28. The van der Waals surface area contributed by atoms with E-state index in [0.29, 0.717) is 0 Å². The van der Waals surface area contributed by atoms with E-state index in [9.17, 15) is 0 Å². The van der Waals surface area contributed by atoms with Gasteiger partial charge in [-0.3, -0.25) is 0 Å². The first-order chi connectivity index (χ1) is 7.85. The molecule has 0 amide bonds. The minimum absolute atomic E-state index is 0.953. The molecule has 0 aromatic carbocycles. The highest BCUT2D eigenvalue weighted by Crippen LogP contribution is 2.42. The molecule has 3 aliphatic rings. The fourth-order valence-electron chi connectivity index (χ4n) is 4.01. The monoisotopic (exact) mass is 222 g/mol. The molecule has 0 unspecified atom stereocenters. The first-order valence-electron chi connectivity index (χ1n) is 7.20. The van der Waals surface area contributed by atoms with Crippen LogP contribution in [0.3, 0.4) is 0 Å². The number of piperazine rings is 1. The van der Waals surface area contributed by atoms with Crippen LogP contribution in [0.5, 0.6) is 0 Å². The number of allylic oxidation sites excluding steroid dienone is 2. The third-order valence-electron chi connectivity index (χ3n) is 5.13. The Morgan fingerprint density at radius 1 is 1.00 bits per heavy atom. The molecule has 0 aromatic rings. The number of nitrogens with one attached hydrogen (secondary N) is 2. The number of rotatable bonds is 3. The van der Waals surface area contributed by atoms with Crippen molar-refractivity contribution in [3.63, 3.8) is 0 Å². The van der Waals surface area contributed by atoms with Crippen LogP contribution in [0, 0.1) is 17.8 Å². The second-order valence-corrected chi connectivity index (χ2v) is 6.10. The molecule has 90 valence electrons.